The van der Waals surface area contributed by atoms with E-state index in [4.69, 9.17) is 11.6 Å². The minimum Gasteiger partial charge on any atom is -0.303 e. The normalized spacial score (nSPS) is 11.6. The number of thiazole rings is 1. The van der Waals surface area contributed by atoms with E-state index in [1.54, 1.807) is 11.3 Å². The Morgan fingerprint density at radius 1 is 1.44 bits per heavy atom. The second-order valence-corrected chi connectivity index (χ2v) is 5.28. The molecule has 0 atom stereocenters. The van der Waals surface area contributed by atoms with Crippen LogP contribution in [0.5, 0.6) is 0 Å². The molecule has 4 heteroatoms. The molecule has 92 valence electrons. The molecule has 1 aromatic heterocycles. The van der Waals surface area contributed by atoms with E-state index < -0.39 is 0 Å². The minimum absolute atomic E-state index is 0.527. The van der Waals surface area contributed by atoms with Crippen molar-refractivity contribution in [1.29, 1.82) is 0 Å². The summed E-state index contributed by atoms with van der Waals surface area (Å²) < 4.78 is 0. The molecule has 0 aromatic carbocycles. The molecule has 1 aromatic rings. The van der Waals surface area contributed by atoms with Crippen LogP contribution in [0.3, 0.4) is 0 Å². The first kappa shape index (κ1) is 13.9. The highest BCUT2D eigenvalue weighted by atomic mass is 35.5. The zero-order chi connectivity index (χ0) is 12.0. The molecule has 0 amide bonds. The Kier molecular flexibility index (Phi) is 6.32. The molecular formula is C12H21ClN2S. The molecule has 0 unspecified atom stereocenters. The standard InChI is InChI=1S/C12H21ClN2S/c1-4-11(5-2)15(3)7-6-12-14-10(8-13)9-16-12/h9,11H,4-8H2,1-3H3. The first-order valence-electron chi connectivity index (χ1n) is 5.90. The van der Waals surface area contributed by atoms with Crippen molar-refractivity contribution >= 4 is 22.9 Å². The van der Waals surface area contributed by atoms with Crippen LogP contribution in [0.1, 0.15) is 37.4 Å². The number of nitrogens with zero attached hydrogens (tertiary/aromatic N) is 2. The number of likely N-dealkylation sites (N-methyl/N-ethyl adjacent to an activating group) is 1. The lowest BCUT2D eigenvalue weighted by atomic mass is 10.1. The molecule has 0 bridgehead atoms. The smallest absolute Gasteiger partial charge is 0.0941 e. The Labute approximate surface area is 108 Å². The van der Waals surface area contributed by atoms with E-state index >= 15 is 0 Å². The highest BCUT2D eigenvalue weighted by Crippen LogP contribution is 2.13. The number of alkyl halides is 1. The highest BCUT2D eigenvalue weighted by Gasteiger charge is 2.10. The van der Waals surface area contributed by atoms with E-state index in [2.05, 4.69) is 36.2 Å². The van der Waals surface area contributed by atoms with E-state index in [1.807, 2.05) is 0 Å². The van der Waals surface area contributed by atoms with Gasteiger partial charge in [-0.1, -0.05) is 13.8 Å². The van der Waals surface area contributed by atoms with Crippen molar-refractivity contribution in [1.82, 2.24) is 9.88 Å². The lowest BCUT2D eigenvalue weighted by molar-refractivity contribution is 0.232. The van der Waals surface area contributed by atoms with Crippen molar-refractivity contribution in [3.8, 4) is 0 Å². The molecule has 0 N–H and O–H groups in total. The fraction of sp³-hybridized carbons (Fsp3) is 0.750. The van der Waals surface area contributed by atoms with Crippen LogP contribution >= 0.6 is 22.9 Å². The lowest BCUT2D eigenvalue weighted by Gasteiger charge is -2.25. The summed E-state index contributed by atoms with van der Waals surface area (Å²) in [7, 11) is 2.20. The summed E-state index contributed by atoms with van der Waals surface area (Å²) in [5.74, 6) is 0.527. The molecule has 0 spiro atoms. The van der Waals surface area contributed by atoms with Gasteiger partial charge in [0.1, 0.15) is 0 Å². The van der Waals surface area contributed by atoms with Crippen molar-refractivity contribution in [2.75, 3.05) is 13.6 Å². The van der Waals surface area contributed by atoms with Crippen LogP contribution in [0.2, 0.25) is 0 Å². The zero-order valence-corrected chi connectivity index (χ0v) is 11.9. The summed E-state index contributed by atoms with van der Waals surface area (Å²) >= 11 is 7.45. The average molecular weight is 261 g/mol. The molecule has 1 rings (SSSR count). The fourth-order valence-electron chi connectivity index (χ4n) is 1.89. The topological polar surface area (TPSA) is 16.1 Å². The summed E-state index contributed by atoms with van der Waals surface area (Å²) in [6.45, 7) is 5.58. The third-order valence-electron chi connectivity index (χ3n) is 2.98. The molecule has 16 heavy (non-hydrogen) atoms. The SMILES string of the molecule is CCC(CC)N(C)CCc1nc(CCl)cs1. The zero-order valence-electron chi connectivity index (χ0n) is 10.4. The first-order valence-corrected chi connectivity index (χ1v) is 7.32. The van der Waals surface area contributed by atoms with E-state index in [0.717, 1.165) is 18.7 Å². The Balaban J connectivity index is 2.38. The molecule has 0 aliphatic heterocycles. The van der Waals surface area contributed by atoms with Crippen LogP contribution in [-0.2, 0) is 12.3 Å². The molecule has 0 aliphatic carbocycles. The molecule has 2 nitrogen and oxygen atoms in total. The van der Waals surface area contributed by atoms with Gasteiger partial charge in [-0.2, -0.15) is 0 Å². The Bertz CT molecular complexity index is 297. The van der Waals surface area contributed by atoms with Gasteiger partial charge in [0, 0.05) is 24.4 Å². The second-order valence-electron chi connectivity index (χ2n) is 4.07. The number of halogens is 1. The van der Waals surface area contributed by atoms with Gasteiger partial charge in [-0.25, -0.2) is 4.98 Å². The van der Waals surface area contributed by atoms with Crippen LogP contribution < -0.4 is 0 Å². The first-order chi connectivity index (χ1) is 7.71. The maximum atomic E-state index is 5.73. The van der Waals surface area contributed by atoms with Crippen LogP contribution in [0.15, 0.2) is 5.38 Å². The number of hydrogen-bond donors (Lipinski definition) is 0. The summed E-state index contributed by atoms with van der Waals surface area (Å²) in [6, 6.07) is 0.701. The third kappa shape index (κ3) is 4.04. The molecule has 0 saturated carbocycles. The van der Waals surface area contributed by atoms with E-state index in [9.17, 15) is 0 Å². The third-order valence-corrected chi connectivity index (χ3v) is 4.21. The summed E-state index contributed by atoms with van der Waals surface area (Å²) in [5, 5.41) is 3.26. The number of rotatable bonds is 7. The Morgan fingerprint density at radius 2 is 2.12 bits per heavy atom. The number of hydrogen-bond acceptors (Lipinski definition) is 3. The van der Waals surface area contributed by atoms with Crippen molar-refractivity contribution < 1.29 is 0 Å². The highest BCUT2D eigenvalue weighted by molar-refractivity contribution is 7.09. The molecule has 0 fully saturated rings. The predicted octanol–water partition coefficient (Wildman–Crippen LogP) is 3.54. The summed E-state index contributed by atoms with van der Waals surface area (Å²) in [6.07, 6.45) is 3.48. The van der Waals surface area contributed by atoms with Gasteiger partial charge in [-0.3, -0.25) is 0 Å². The molecule has 0 aliphatic rings. The van der Waals surface area contributed by atoms with E-state index in [-0.39, 0.29) is 0 Å². The number of aromatic nitrogens is 1. The maximum absolute atomic E-state index is 5.73. The van der Waals surface area contributed by atoms with Crippen LogP contribution in [-0.4, -0.2) is 29.5 Å². The molecule has 0 radical (unpaired) electrons. The van der Waals surface area contributed by atoms with Gasteiger partial charge >= 0.3 is 0 Å². The predicted molar refractivity (Wildman–Crippen MR) is 72.4 cm³/mol. The quantitative estimate of drug-likeness (QED) is 0.697. The van der Waals surface area contributed by atoms with Crippen molar-refractivity contribution in [3.05, 3.63) is 16.1 Å². The average Bonchev–Trinajstić information content (AvgIpc) is 2.76. The monoisotopic (exact) mass is 260 g/mol. The van der Waals surface area contributed by atoms with Gasteiger partial charge in [0.05, 0.1) is 16.6 Å². The van der Waals surface area contributed by atoms with Crippen LogP contribution in [0.25, 0.3) is 0 Å². The van der Waals surface area contributed by atoms with Gasteiger partial charge in [0.2, 0.25) is 0 Å². The van der Waals surface area contributed by atoms with Gasteiger partial charge < -0.3 is 4.90 Å². The second kappa shape index (κ2) is 7.25. The van der Waals surface area contributed by atoms with Crippen molar-refractivity contribution in [3.63, 3.8) is 0 Å². The summed E-state index contributed by atoms with van der Waals surface area (Å²) in [5.41, 5.74) is 1.01. The van der Waals surface area contributed by atoms with Crippen LogP contribution in [0.4, 0.5) is 0 Å². The maximum Gasteiger partial charge on any atom is 0.0941 e. The molecule has 0 saturated heterocycles. The van der Waals surface area contributed by atoms with E-state index in [0.29, 0.717) is 11.9 Å². The van der Waals surface area contributed by atoms with Crippen molar-refractivity contribution in [2.24, 2.45) is 0 Å². The lowest BCUT2D eigenvalue weighted by Crippen LogP contribution is -2.32. The van der Waals surface area contributed by atoms with E-state index in [1.165, 1.54) is 17.8 Å². The molecular weight excluding hydrogens is 240 g/mol. The van der Waals surface area contributed by atoms with Gasteiger partial charge in [-0.05, 0) is 19.9 Å². The summed E-state index contributed by atoms with van der Waals surface area (Å²) in [4.78, 5) is 6.90. The van der Waals surface area contributed by atoms with Gasteiger partial charge in [0.15, 0.2) is 0 Å². The molecule has 1 heterocycles. The van der Waals surface area contributed by atoms with Gasteiger partial charge in [0.25, 0.3) is 0 Å². The van der Waals surface area contributed by atoms with Gasteiger partial charge in [-0.15, -0.1) is 22.9 Å². The Morgan fingerprint density at radius 3 is 2.62 bits per heavy atom. The Hall–Kier alpha value is -0.120. The largest absolute Gasteiger partial charge is 0.303 e. The van der Waals surface area contributed by atoms with Crippen LogP contribution in [0, 0.1) is 0 Å². The van der Waals surface area contributed by atoms with Crippen molar-refractivity contribution in [2.45, 2.75) is 45.0 Å². The fourth-order valence-corrected chi connectivity index (χ4v) is 2.91. The minimum atomic E-state index is 0.527.